The monoisotopic (exact) mass is 669 g/mol. The number of benzene rings is 3. The zero-order chi connectivity index (χ0) is 35.1. The van der Waals surface area contributed by atoms with Gasteiger partial charge in [0.25, 0.3) is 11.8 Å². The van der Waals surface area contributed by atoms with Gasteiger partial charge in [0.2, 0.25) is 0 Å². The third-order valence-electron chi connectivity index (χ3n) is 8.92. The maximum Gasteiger partial charge on any atom is 0.305 e. The molecule has 2 heterocycles. The van der Waals surface area contributed by atoms with Crippen molar-refractivity contribution in [1.29, 1.82) is 0 Å². The number of nitrogens with zero attached hydrogens (tertiary/aromatic N) is 2. The molecule has 258 valence electrons. The summed E-state index contributed by atoms with van der Waals surface area (Å²) in [5, 5.41) is 33.1. The zero-order valence-electron chi connectivity index (χ0n) is 27.9. The summed E-state index contributed by atoms with van der Waals surface area (Å²) in [5.74, 6) is -1.91. The van der Waals surface area contributed by atoms with Gasteiger partial charge in [-0.05, 0) is 86.9 Å². The molecule has 5 rings (SSSR count). The first-order chi connectivity index (χ1) is 23.5. The second-order valence-corrected chi connectivity index (χ2v) is 12.9. The van der Waals surface area contributed by atoms with Gasteiger partial charge in [-0.2, -0.15) is 0 Å². The number of carbonyl (C=O) groups excluding carboxylic acids is 2. The second-order valence-electron chi connectivity index (χ2n) is 12.9. The van der Waals surface area contributed by atoms with Crippen LogP contribution in [0.2, 0.25) is 0 Å². The van der Waals surface area contributed by atoms with Crippen molar-refractivity contribution >= 4 is 17.8 Å². The van der Waals surface area contributed by atoms with Gasteiger partial charge >= 0.3 is 5.97 Å². The van der Waals surface area contributed by atoms with E-state index in [1.807, 2.05) is 71.8 Å². The average Bonchev–Trinajstić information content (AvgIpc) is 3.74. The fourth-order valence-electron chi connectivity index (χ4n) is 6.69. The van der Waals surface area contributed by atoms with Gasteiger partial charge < -0.3 is 30.1 Å². The molecule has 4 aromatic rings. The Morgan fingerprint density at radius 2 is 1.53 bits per heavy atom. The van der Waals surface area contributed by atoms with E-state index < -0.39 is 30.4 Å². The molecule has 2 amide bonds. The summed E-state index contributed by atoms with van der Waals surface area (Å²) in [6.07, 6.45) is -0.321. The minimum absolute atomic E-state index is 0.0167. The molecule has 0 bridgehead atoms. The number of rotatable bonds is 14. The van der Waals surface area contributed by atoms with Crippen molar-refractivity contribution in [2.24, 2.45) is 0 Å². The van der Waals surface area contributed by atoms with Crippen molar-refractivity contribution in [2.75, 3.05) is 13.1 Å². The van der Waals surface area contributed by atoms with E-state index in [0.717, 1.165) is 48.3 Å². The molecule has 9 nitrogen and oxygen atoms in total. The number of hydrogen-bond acceptors (Lipinski definition) is 5. The predicted molar refractivity (Wildman–Crippen MR) is 186 cm³/mol. The van der Waals surface area contributed by atoms with Crippen LogP contribution >= 0.6 is 0 Å². The number of aliphatic hydroxyl groups excluding tert-OH is 2. The SMILES string of the molecule is CC(C)n1c(CC[C@@H](O)C[C@@H](O)CC(=O)O)c(-c2ccc(F)cc2)c(-c2ccccc2)c1C(=O)NCc1cccc(C(=O)N2CCCC2)c1. The summed E-state index contributed by atoms with van der Waals surface area (Å²) in [6, 6.07) is 22.7. The summed E-state index contributed by atoms with van der Waals surface area (Å²) in [7, 11) is 0. The highest BCUT2D eigenvalue weighted by molar-refractivity contribution is 6.05. The van der Waals surface area contributed by atoms with E-state index in [-0.39, 0.29) is 37.2 Å². The zero-order valence-corrected chi connectivity index (χ0v) is 27.9. The van der Waals surface area contributed by atoms with Crippen LogP contribution in [0.3, 0.4) is 0 Å². The van der Waals surface area contributed by atoms with Gasteiger partial charge in [-0.1, -0.05) is 54.6 Å². The molecule has 0 unspecified atom stereocenters. The van der Waals surface area contributed by atoms with Gasteiger partial charge in [-0.3, -0.25) is 14.4 Å². The molecule has 0 saturated carbocycles. The second kappa shape index (κ2) is 16.1. The maximum atomic E-state index is 14.4. The first-order valence-corrected chi connectivity index (χ1v) is 16.9. The smallest absolute Gasteiger partial charge is 0.305 e. The van der Waals surface area contributed by atoms with Crippen LogP contribution in [0.5, 0.6) is 0 Å². The number of aliphatic hydroxyl groups is 2. The van der Waals surface area contributed by atoms with Gasteiger partial charge in [-0.15, -0.1) is 0 Å². The van der Waals surface area contributed by atoms with Crippen LogP contribution in [0, 0.1) is 5.82 Å². The van der Waals surface area contributed by atoms with Crippen LogP contribution in [0.4, 0.5) is 4.39 Å². The fourth-order valence-corrected chi connectivity index (χ4v) is 6.69. The van der Waals surface area contributed by atoms with Gasteiger partial charge in [-0.25, -0.2) is 4.39 Å². The Bertz CT molecular complexity index is 1760. The number of aliphatic carboxylic acids is 1. The molecule has 4 N–H and O–H groups in total. The Morgan fingerprint density at radius 3 is 2.18 bits per heavy atom. The van der Waals surface area contributed by atoms with Crippen LogP contribution in [0.25, 0.3) is 22.3 Å². The number of nitrogens with one attached hydrogen (secondary N) is 1. The Hall–Kier alpha value is -4.80. The molecule has 49 heavy (non-hydrogen) atoms. The lowest BCUT2D eigenvalue weighted by atomic mass is 9.92. The van der Waals surface area contributed by atoms with Crippen LogP contribution in [0.1, 0.15) is 84.1 Å². The van der Waals surface area contributed by atoms with Crippen LogP contribution in [-0.4, -0.2) is 67.9 Å². The van der Waals surface area contributed by atoms with Crippen molar-refractivity contribution in [3.05, 3.63) is 107 Å². The van der Waals surface area contributed by atoms with Gasteiger partial charge in [0.05, 0.1) is 18.6 Å². The first-order valence-electron chi connectivity index (χ1n) is 16.9. The first kappa shape index (κ1) is 35.5. The topological polar surface area (TPSA) is 132 Å². The molecule has 0 spiro atoms. The van der Waals surface area contributed by atoms with Crippen molar-refractivity contribution in [2.45, 2.75) is 77.2 Å². The van der Waals surface area contributed by atoms with E-state index in [0.29, 0.717) is 28.8 Å². The lowest BCUT2D eigenvalue weighted by Gasteiger charge is -2.20. The number of carbonyl (C=O) groups is 3. The normalized spacial score (nSPS) is 14.2. The number of aromatic nitrogens is 1. The van der Waals surface area contributed by atoms with Crippen LogP contribution in [-0.2, 0) is 17.8 Å². The molecule has 1 fully saturated rings. The Morgan fingerprint density at radius 1 is 0.857 bits per heavy atom. The number of halogens is 1. The van der Waals surface area contributed by atoms with E-state index in [9.17, 15) is 29.0 Å². The highest BCUT2D eigenvalue weighted by Crippen LogP contribution is 2.42. The van der Waals surface area contributed by atoms with Crippen LogP contribution in [0.15, 0.2) is 78.9 Å². The lowest BCUT2D eigenvalue weighted by molar-refractivity contribution is -0.139. The standard InChI is InChI=1S/C39H44FN3O6/c1-25(2)43-33(18-17-31(44)22-32(45)23-34(46)47)35(28-13-15-30(40)16-14-28)36(27-10-4-3-5-11-27)37(43)38(48)41-24-26-9-8-12-29(21-26)39(49)42-19-6-7-20-42/h3-5,8-16,21,25,31-32,44-45H,6-7,17-20,22-24H2,1-2H3,(H,41,48)(H,46,47)/t31-,32-/m1/s1. The molecular weight excluding hydrogens is 625 g/mol. The van der Waals surface area contributed by atoms with Crippen molar-refractivity contribution in [3.63, 3.8) is 0 Å². The van der Waals surface area contributed by atoms with Gasteiger partial charge in [0, 0.05) is 48.1 Å². The molecule has 2 atom stereocenters. The number of carboxylic acids is 1. The Kier molecular flexibility index (Phi) is 11.6. The Balaban J connectivity index is 1.55. The van der Waals surface area contributed by atoms with E-state index in [1.54, 1.807) is 18.2 Å². The predicted octanol–water partition coefficient (Wildman–Crippen LogP) is 6.23. The summed E-state index contributed by atoms with van der Waals surface area (Å²) >= 11 is 0. The van der Waals surface area contributed by atoms with Gasteiger partial charge in [0.1, 0.15) is 11.5 Å². The summed E-state index contributed by atoms with van der Waals surface area (Å²) < 4.78 is 16.1. The third kappa shape index (κ3) is 8.63. The molecule has 10 heteroatoms. The summed E-state index contributed by atoms with van der Waals surface area (Å²) in [4.78, 5) is 40.4. The lowest BCUT2D eigenvalue weighted by Crippen LogP contribution is -2.29. The maximum absolute atomic E-state index is 14.4. The molecule has 1 aliphatic rings. The molecule has 1 saturated heterocycles. The largest absolute Gasteiger partial charge is 0.481 e. The number of carboxylic acid groups (broad SMARTS) is 1. The van der Waals surface area contributed by atoms with E-state index in [1.165, 1.54) is 12.1 Å². The van der Waals surface area contributed by atoms with E-state index in [2.05, 4.69) is 5.32 Å². The van der Waals surface area contributed by atoms with Crippen molar-refractivity contribution in [3.8, 4) is 22.3 Å². The molecule has 1 aromatic heterocycles. The summed E-state index contributed by atoms with van der Waals surface area (Å²) in [6.45, 7) is 5.59. The molecule has 0 radical (unpaired) electrons. The molecule has 0 aliphatic carbocycles. The molecular formula is C39H44FN3O6. The van der Waals surface area contributed by atoms with Gasteiger partial charge in [0.15, 0.2) is 0 Å². The van der Waals surface area contributed by atoms with E-state index >= 15 is 0 Å². The molecule has 1 aliphatic heterocycles. The van der Waals surface area contributed by atoms with Crippen molar-refractivity contribution in [1.82, 2.24) is 14.8 Å². The number of likely N-dealkylation sites (tertiary alicyclic amines) is 1. The van der Waals surface area contributed by atoms with E-state index in [4.69, 9.17) is 5.11 Å². The minimum Gasteiger partial charge on any atom is -0.481 e. The summed E-state index contributed by atoms with van der Waals surface area (Å²) in [5.41, 5.74) is 5.37. The number of hydrogen-bond donors (Lipinski definition) is 4. The highest BCUT2D eigenvalue weighted by atomic mass is 19.1. The fraction of sp³-hybridized carbons (Fsp3) is 0.359. The minimum atomic E-state index is -1.20. The quantitative estimate of drug-likeness (QED) is 0.126. The highest BCUT2D eigenvalue weighted by Gasteiger charge is 2.30. The van der Waals surface area contributed by atoms with Crippen molar-refractivity contribution < 1.29 is 34.1 Å². The number of amides is 2. The molecule has 3 aromatic carbocycles. The Labute approximate surface area is 286 Å². The van der Waals surface area contributed by atoms with Crippen LogP contribution < -0.4 is 5.32 Å². The third-order valence-corrected chi connectivity index (χ3v) is 8.92. The average molecular weight is 670 g/mol.